The highest BCUT2D eigenvalue weighted by molar-refractivity contribution is 7.26. The highest BCUT2D eigenvalue weighted by Crippen LogP contribution is 2.44. The summed E-state index contributed by atoms with van der Waals surface area (Å²) in [6.07, 6.45) is 0. The van der Waals surface area contributed by atoms with Gasteiger partial charge in [-0.05, 0) is 47.5 Å². The number of fused-ring (bicyclic) bond motifs is 6. The second-order valence-corrected chi connectivity index (χ2v) is 13.0. The average molecular weight is 598 g/mol. The number of hydrogen-bond donors (Lipinski definition) is 0. The fourth-order valence-electron chi connectivity index (χ4n) is 6.04. The first-order valence-corrected chi connectivity index (χ1v) is 16.2. The second-order valence-electron chi connectivity index (χ2n) is 10.8. The van der Waals surface area contributed by atoms with E-state index in [-0.39, 0.29) is 0 Å². The van der Waals surface area contributed by atoms with Gasteiger partial charge in [0.15, 0.2) is 17.5 Å². The lowest BCUT2D eigenvalue weighted by Gasteiger charge is -2.11. The molecule has 0 aliphatic heterocycles. The third kappa shape index (κ3) is 4.21. The van der Waals surface area contributed by atoms with Gasteiger partial charge in [0.25, 0.3) is 0 Å². The number of benzene rings is 6. The van der Waals surface area contributed by atoms with Crippen LogP contribution in [0.5, 0.6) is 0 Å². The quantitative estimate of drug-likeness (QED) is 0.203. The summed E-state index contributed by atoms with van der Waals surface area (Å²) < 4.78 is 5.10. The Morgan fingerprint density at radius 2 is 0.864 bits per heavy atom. The van der Waals surface area contributed by atoms with Crippen LogP contribution < -0.4 is 0 Å². The summed E-state index contributed by atoms with van der Waals surface area (Å²) in [5, 5.41) is 5.14. The predicted molar refractivity (Wildman–Crippen MR) is 187 cm³/mol. The standard InChI is InChI=1S/C39H23N3S2/c1-3-11-24(12-4-1)37-40-38(25-13-5-2-6-14-25)42-39(41-37)27-22-30(36-29-16-8-10-18-33(29)44-35(36)23-27)26-19-20-34-31(21-26)28-15-7-9-17-32(28)43-34/h1-23H. The molecule has 3 nitrogen and oxygen atoms in total. The van der Waals surface area contributed by atoms with Gasteiger partial charge in [-0.3, -0.25) is 0 Å². The van der Waals surface area contributed by atoms with Crippen LogP contribution in [0, 0.1) is 0 Å². The van der Waals surface area contributed by atoms with Crippen molar-refractivity contribution in [3.63, 3.8) is 0 Å². The number of aromatic nitrogens is 3. The Hall–Kier alpha value is -5.23. The zero-order chi connectivity index (χ0) is 29.0. The molecular weight excluding hydrogens is 575 g/mol. The topological polar surface area (TPSA) is 38.7 Å². The van der Waals surface area contributed by atoms with Crippen molar-refractivity contribution in [2.45, 2.75) is 0 Å². The van der Waals surface area contributed by atoms with Crippen LogP contribution in [0.3, 0.4) is 0 Å². The van der Waals surface area contributed by atoms with Crippen molar-refractivity contribution in [3.8, 4) is 45.3 Å². The largest absolute Gasteiger partial charge is 0.208 e. The van der Waals surface area contributed by atoms with Gasteiger partial charge in [0.05, 0.1) is 0 Å². The first kappa shape index (κ1) is 25.3. The molecule has 3 heterocycles. The van der Waals surface area contributed by atoms with Gasteiger partial charge >= 0.3 is 0 Å². The SMILES string of the molecule is c1ccc(-c2nc(-c3ccccc3)nc(-c3cc(-c4ccc5sc6ccccc6c5c4)c4c(c3)sc3ccccc34)n2)cc1. The van der Waals surface area contributed by atoms with Gasteiger partial charge in [0.2, 0.25) is 0 Å². The molecule has 0 atom stereocenters. The molecule has 0 N–H and O–H groups in total. The Balaban J connectivity index is 1.33. The minimum Gasteiger partial charge on any atom is -0.208 e. The van der Waals surface area contributed by atoms with Crippen LogP contribution in [0.15, 0.2) is 140 Å². The van der Waals surface area contributed by atoms with E-state index in [4.69, 9.17) is 15.0 Å². The normalized spacial score (nSPS) is 11.6. The molecule has 0 bridgehead atoms. The van der Waals surface area contributed by atoms with E-state index in [9.17, 15) is 0 Å². The van der Waals surface area contributed by atoms with E-state index < -0.39 is 0 Å². The molecule has 9 rings (SSSR count). The number of thiophene rings is 2. The number of nitrogens with zero attached hydrogens (tertiary/aromatic N) is 3. The summed E-state index contributed by atoms with van der Waals surface area (Å²) in [6, 6.07) is 49.1. The van der Waals surface area contributed by atoms with Crippen molar-refractivity contribution in [1.82, 2.24) is 15.0 Å². The van der Waals surface area contributed by atoms with Crippen molar-refractivity contribution in [2.24, 2.45) is 0 Å². The van der Waals surface area contributed by atoms with Gasteiger partial charge in [-0.1, -0.05) is 103 Å². The monoisotopic (exact) mass is 597 g/mol. The summed E-state index contributed by atoms with van der Waals surface area (Å²) in [7, 11) is 0. The van der Waals surface area contributed by atoms with E-state index in [1.165, 1.54) is 51.5 Å². The van der Waals surface area contributed by atoms with Crippen molar-refractivity contribution < 1.29 is 0 Å². The minimum absolute atomic E-state index is 0.665. The summed E-state index contributed by atoms with van der Waals surface area (Å²) in [6.45, 7) is 0. The van der Waals surface area contributed by atoms with Crippen molar-refractivity contribution in [2.75, 3.05) is 0 Å². The Morgan fingerprint density at radius 1 is 0.341 bits per heavy atom. The van der Waals surface area contributed by atoms with Gasteiger partial charge in [-0.25, -0.2) is 15.0 Å². The lowest BCUT2D eigenvalue weighted by molar-refractivity contribution is 1.07. The molecule has 0 aliphatic rings. The molecule has 9 aromatic rings. The van der Waals surface area contributed by atoms with Crippen LogP contribution in [0.2, 0.25) is 0 Å². The van der Waals surface area contributed by atoms with Crippen molar-refractivity contribution in [3.05, 3.63) is 140 Å². The lowest BCUT2D eigenvalue weighted by atomic mass is 9.95. The molecular formula is C39H23N3S2. The fraction of sp³-hybridized carbons (Fsp3) is 0. The molecule has 44 heavy (non-hydrogen) atoms. The molecule has 0 spiro atoms. The van der Waals surface area contributed by atoms with Gasteiger partial charge in [-0.2, -0.15) is 0 Å². The summed E-state index contributed by atoms with van der Waals surface area (Å²) >= 11 is 3.67. The Labute approximate surface area is 261 Å². The third-order valence-corrected chi connectivity index (χ3v) is 10.4. The first-order valence-electron chi connectivity index (χ1n) is 14.5. The van der Waals surface area contributed by atoms with E-state index in [0.717, 1.165) is 16.7 Å². The Bertz CT molecular complexity index is 2440. The molecule has 0 saturated carbocycles. The van der Waals surface area contributed by atoms with E-state index in [0.29, 0.717) is 17.5 Å². The van der Waals surface area contributed by atoms with E-state index >= 15 is 0 Å². The zero-order valence-electron chi connectivity index (χ0n) is 23.4. The van der Waals surface area contributed by atoms with Gasteiger partial charge in [-0.15, -0.1) is 22.7 Å². The van der Waals surface area contributed by atoms with Crippen LogP contribution >= 0.6 is 22.7 Å². The highest BCUT2D eigenvalue weighted by Gasteiger charge is 2.18. The van der Waals surface area contributed by atoms with Crippen LogP contribution in [0.4, 0.5) is 0 Å². The Morgan fingerprint density at radius 3 is 1.55 bits per heavy atom. The smallest absolute Gasteiger partial charge is 0.164 e. The molecule has 5 heteroatoms. The molecule has 0 radical (unpaired) electrons. The second kappa shape index (κ2) is 10.2. The maximum absolute atomic E-state index is 5.06. The van der Waals surface area contributed by atoms with Gasteiger partial charge < -0.3 is 0 Å². The molecule has 0 aliphatic carbocycles. The van der Waals surface area contributed by atoms with Crippen LogP contribution in [-0.4, -0.2) is 15.0 Å². The van der Waals surface area contributed by atoms with E-state index in [1.807, 2.05) is 59.1 Å². The summed E-state index contributed by atoms with van der Waals surface area (Å²) in [5.74, 6) is 2.00. The summed E-state index contributed by atoms with van der Waals surface area (Å²) in [4.78, 5) is 15.0. The van der Waals surface area contributed by atoms with Gasteiger partial charge in [0, 0.05) is 57.0 Å². The minimum atomic E-state index is 0.665. The zero-order valence-corrected chi connectivity index (χ0v) is 25.1. The molecule has 3 aromatic heterocycles. The first-order chi connectivity index (χ1) is 21.8. The predicted octanol–water partition coefficient (Wildman–Crippen LogP) is 11.3. The highest BCUT2D eigenvalue weighted by atomic mass is 32.1. The lowest BCUT2D eigenvalue weighted by Crippen LogP contribution is -2.00. The third-order valence-electron chi connectivity index (χ3n) is 8.12. The maximum Gasteiger partial charge on any atom is 0.164 e. The molecule has 0 amide bonds. The molecule has 6 aromatic carbocycles. The molecule has 0 fully saturated rings. The van der Waals surface area contributed by atoms with E-state index in [1.54, 1.807) is 0 Å². The van der Waals surface area contributed by atoms with Crippen molar-refractivity contribution >= 4 is 63.0 Å². The molecule has 0 unspecified atom stereocenters. The molecule has 206 valence electrons. The van der Waals surface area contributed by atoms with Crippen molar-refractivity contribution in [1.29, 1.82) is 0 Å². The average Bonchev–Trinajstić information content (AvgIpc) is 3.66. The van der Waals surface area contributed by atoms with Crippen LogP contribution in [-0.2, 0) is 0 Å². The van der Waals surface area contributed by atoms with Crippen LogP contribution in [0.1, 0.15) is 0 Å². The fourth-order valence-corrected chi connectivity index (χ4v) is 8.30. The maximum atomic E-state index is 5.06. The Kier molecular flexibility index (Phi) is 5.86. The van der Waals surface area contributed by atoms with Gasteiger partial charge in [0.1, 0.15) is 0 Å². The number of rotatable bonds is 4. The number of hydrogen-bond acceptors (Lipinski definition) is 5. The molecule has 0 saturated heterocycles. The van der Waals surface area contributed by atoms with Crippen LogP contribution in [0.25, 0.3) is 85.6 Å². The summed E-state index contributed by atoms with van der Waals surface area (Å²) in [5.41, 5.74) is 5.29. The van der Waals surface area contributed by atoms with E-state index in [2.05, 4.69) is 103 Å².